The topological polar surface area (TPSA) is 67.4 Å². The first-order chi connectivity index (χ1) is 13.5. The first-order valence-corrected chi connectivity index (χ1v) is 9.99. The van der Waals surface area contributed by atoms with Gasteiger partial charge in [0.15, 0.2) is 6.61 Å². The number of carbonyl (C=O) groups excluding carboxylic acids is 2. The highest BCUT2D eigenvalue weighted by Gasteiger charge is 2.19. The van der Waals surface area contributed by atoms with Crippen LogP contribution in [0.1, 0.15) is 48.0 Å². The Labute approximate surface area is 170 Å². The molecule has 0 spiro atoms. The van der Waals surface area contributed by atoms with E-state index in [2.05, 4.69) is 10.6 Å². The fourth-order valence-electron chi connectivity index (χ4n) is 3.40. The molecule has 1 saturated carbocycles. The fourth-order valence-corrected chi connectivity index (χ4v) is 3.63. The largest absolute Gasteiger partial charge is 0.483 e. The average molecular weight is 401 g/mol. The highest BCUT2D eigenvalue weighted by molar-refractivity contribution is 6.30. The number of amides is 2. The fraction of sp³-hybridized carbons (Fsp3) is 0.364. The van der Waals surface area contributed by atoms with Crippen molar-refractivity contribution in [3.05, 3.63) is 58.6 Å². The van der Waals surface area contributed by atoms with Gasteiger partial charge in [0.05, 0.1) is 11.3 Å². The highest BCUT2D eigenvalue weighted by Crippen LogP contribution is 2.22. The van der Waals surface area contributed by atoms with E-state index in [9.17, 15) is 9.59 Å². The molecule has 28 heavy (non-hydrogen) atoms. The van der Waals surface area contributed by atoms with Gasteiger partial charge < -0.3 is 15.4 Å². The molecule has 0 radical (unpaired) electrons. The summed E-state index contributed by atoms with van der Waals surface area (Å²) in [5.74, 6) is 0.118. The van der Waals surface area contributed by atoms with E-state index >= 15 is 0 Å². The zero-order valence-electron chi connectivity index (χ0n) is 16.0. The van der Waals surface area contributed by atoms with E-state index in [1.165, 1.54) is 6.42 Å². The molecule has 1 fully saturated rings. The summed E-state index contributed by atoms with van der Waals surface area (Å²) in [4.78, 5) is 25.0. The molecule has 6 heteroatoms. The van der Waals surface area contributed by atoms with Gasteiger partial charge in [-0.05, 0) is 55.7 Å². The van der Waals surface area contributed by atoms with Crippen LogP contribution < -0.4 is 15.4 Å². The summed E-state index contributed by atoms with van der Waals surface area (Å²) in [6, 6.07) is 12.5. The van der Waals surface area contributed by atoms with Crippen LogP contribution in [0.2, 0.25) is 5.02 Å². The van der Waals surface area contributed by atoms with Gasteiger partial charge in [-0.25, -0.2) is 0 Å². The molecule has 0 saturated heterocycles. The number of hydrogen-bond acceptors (Lipinski definition) is 3. The quantitative estimate of drug-likeness (QED) is 0.736. The molecule has 1 aliphatic carbocycles. The number of benzene rings is 2. The Bertz CT molecular complexity index is 847. The Morgan fingerprint density at radius 1 is 1.11 bits per heavy atom. The predicted molar refractivity (Wildman–Crippen MR) is 111 cm³/mol. The minimum absolute atomic E-state index is 0.152. The molecule has 3 rings (SSSR count). The van der Waals surface area contributed by atoms with E-state index in [0.717, 1.165) is 31.2 Å². The number of nitrogens with one attached hydrogen (secondary N) is 2. The summed E-state index contributed by atoms with van der Waals surface area (Å²) < 4.78 is 5.58. The van der Waals surface area contributed by atoms with Crippen LogP contribution in [0.3, 0.4) is 0 Å². The van der Waals surface area contributed by atoms with Crippen molar-refractivity contribution >= 4 is 29.1 Å². The maximum absolute atomic E-state index is 12.7. The molecule has 0 unspecified atom stereocenters. The number of anilines is 1. The van der Waals surface area contributed by atoms with Gasteiger partial charge in [-0.1, -0.05) is 43.0 Å². The minimum Gasteiger partial charge on any atom is -0.483 e. The lowest BCUT2D eigenvalue weighted by atomic mass is 9.95. The summed E-state index contributed by atoms with van der Waals surface area (Å²) in [5, 5.41) is 6.48. The molecule has 2 aromatic rings. The molecular formula is C22H25ClN2O3. The number of halogens is 1. The Kier molecular flexibility index (Phi) is 6.93. The third-order valence-electron chi connectivity index (χ3n) is 4.88. The van der Waals surface area contributed by atoms with Crippen molar-refractivity contribution in [2.75, 3.05) is 11.9 Å². The summed E-state index contributed by atoms with van der Waals surface area (Å²) in [7, 11) is 0. The number of carbonyl (C=O) groups is 2. The number of rotatable bonds is 6. The van der Waals surface area contributed by atoms with Crippen LogP contribution in [0.4, 0.5) is 5.69 Å². The SMILES string of the molecule is Cc1cc(Cl)ccc1OCC(=O)Nc1ccccc1C(=O)NC1CCCCC1. The zero-order chi connectivity index (χ0) is 19.9. The van der Waals surface area contributed by atoms with E-state index in [4.69, 9.17) is 16.3 Å². The Morgan fingerprint density at radius 2 is 1.86 bits per heavy atom. The van der Waals surface area contributed by atoms with Crippen LogP contribution in [0.15, 0.2) is 42.5 Å². The maximum Gasteiger partial charge on any atom is 0.262 e. The Balaban J connectivity index is 1.60. The first kappa shape index (κ1) is 20.2. The number of hydrogen-bond donors (Lipinski definition) is 2. The summed E-state index contributed by atoms with van der Waals surface area (Å²) in [5.41, 5.74) is 1.80. The van der Waals surface area contributed by atoms with E-state index in [1.807, 2.05) is 6.92 Å². The summed E-state index contributed by atoms with van der Waals surface area (Å²) >= 11 is 5.93. The van der Waals surface area contributed by atoms with E-state index in [0.29, 0.717) is 22.0 Å². The van der Waals surface area contributed by atoms with Crippen LogP contribution >= 0.6 is 11.6 Å². The summed E-state index contributed by atoms with van der Waals surface area (Å²) in [6.45, 7) is 1.71. The van der Waals surface area contributed by atoms with Gasteiger partial charge in [0.1, 0.15) is 5.75 Å². The Hall–Kier alpha value is -2.53. The van der Waals surface area contributed by atoms with Crippen molar-refractivity contribution in [2.45, 2.75) is 45.1 Å². The molecule has 0 heterocycles. The van der Waals surface area contributed by atoms with Crippen molar-refractivity contribution in [1.29, 1.82) is 0 Å². The number of aryl methyl sites for hydroxylation is 1. The standard InChI is InChI=1S/C22H25ClN2O3/c1-15-13-16(23)11-12-20(15)28-14-21(26)25-19-10-6-5-9-18(19)22(27)24-17-7-3-2-4-8-17/h5-6,9-13,17H,2-4,7-8,14H2,1H3,(H,24,27)(H,25,26). The van der Waals surface area contributed by atoms with Crippen LogP contribution in [0, 0.1) is 6.92 Å². The van der Waals surface area contributed by atoms with Crippen molar-refractivity contribution in [1.82, 2.24) is 5.32 Å². The normalized spacial score (nSPS) is 14.4. The van der Waals surface area contributed by atoms with Crippen LogP contribution in [0.5, 0.6) is 5.75 Å². The van der Waals surface area contributed by atoms with Gasteiger partial charge in [-0.2, -0.15) is 0 Å². The van der Waals surface area contributed by atoms with Gasteiger partial charge in [-0.15, -0.1) is 0 Å². The molecule has 0 aromatic heterocycles. The molecule has 2 N–H and O–H groups in total. The number of ether oxygens (including phenoxy) is 1. The Morgan fingerprint density at radius 3 is 2.61 bits per heavy atom. The molecule has 2 aromatic carbocycles. The lowest BCUT2D eigenvalue weighted by Crippen LogP contribution is -2.36. The first-order valence-electron chi connectivity index (χ1n) is 9.61. The van der Waals surface area contributed by atoms with Crippen molar-refractivity contribution < 1.29 is 14.3 Å². The van der Waals surface area contributed by atoms with Crippen molar-refractivity contribution in [3.63, 3.8) is 0 Å². The molecule has 148 valence electrons. The smallest absolute Gasteiger partial charge is 0.262 e. The van der Waals surface area contributed by atoms with Gasteiger partial charge >= 0.3 is 0 Å². The summed E-state index contributed by atoms with van der Waals surface area (Å²) in [6.07, 6.45) is 5.53. The molecule has 0 aliphatic heterocycles. The van der Waals surface area contributed by atoms with Crippen molar-refractivity contribution in [3.8, 4) is 5.75 Å². The second-order valence-corrected chi connectivity index (χ2v) is 7.54. The number of para-hydroxylation sites is 1. The monoisotopic (exact) mass is 400 g/mol. The molecular weight excluding hydrogens is 376 g/mol. The average Bonchev–Trinajstić information content (AvgIpc) is 2.68. The second kappa shape index (κ2) is 9.60. The predicted octanol–water partition coefficient (Wildman–Crippen LogP) is 4.73. The lowest BCUT2D eigenvalue weighted by molar-refractivity contribution is -0.118. The van der Waals surface area contributed by atoms with Crippen molar-refractivity contribution in [2.24, 2.45) is 0 Å². The van der Waals surface area contributed by atoms with Crippen LogP contribution in [-0.2, 0) is 4.79 Å². The third-order valence-corrected chi connectivity index (χ3v) is 5.12. The third kappa shape index (κ3) is 5.49. The van der Waals surface area contributed by atoms with E-state index in [1.54, 1.807) is 42.5 Å². The zero-order valence-corrected chi connectivity index (χ0v) is 16.7. The minimum atomic E-state index is -0.327. The maximum atomic E-state index is 12.7. The molecule has 0 atom stereocenters. The lowest BCUT2D eigenvalue weighted by Gasteiger charge is -2.23. The highest BCUT2D eigenvalue weighted by atomic mass is 35.5. The van der Waals surface area contributed by atoms with Gasteiger partial charge in [0.2, 0.25) is 0 Å². The van der Waals surface area contributed by atoms with Gasteiger partial charge in [0, 0.05) is 11.1 Å². The van der Waals surface area contributed by atoms with Crippen LogP contribution in [0.25, 0.3) is 0 Å². The molecule has 0 bridgehead atoms. The molecule has 1 aliphatic rings. The van der Waals surface area contributed by atoms with E-state index < -0.39 is 0 Å². The van der Waals surface area contributed by atoms with Gasteiger partial charge in [0.25, 0.3) is 11.8 Å². The second-order valence-electron chi connectivity index (χ2n) is 7.10. The van der Waals surface area contributed by atoms with Crippen LogP contribution in [-0.4, -0.2) is 24.5 Å². The van der Waals surface area contributed by atoms with Gasteiger partial charge in [-0.3, -0.25) is 9.59 Å². The molecule has 5 nitrogen and oxygen atoms in total. The molecule has 2 amide bonds. The van der Waals surface area contributed by atoms with E-state index in [-0.39, 0.29) is 24.5 Å².